The van der Waals surface area contributed by atoms with Gasteiger partial charge in [0.15, 0.2) is 5.78 Å². The monoisotopic (exact) mass is 243 g/mol. The minimum absolute atomic E-state index is 0.0399. The molecule has 0 N–H and O–H groups in total. The number of benzene rings is 1. The number of carbonyl (C=O) groups is 2. The van der Waals surface area contributed by atoms with E-state index in [0.717, 1.165) is 18.5 Å². The summed E-state index contributed by atoms with van der Waals surface area (Å²) in [5.74, 6) is 0.156. The Hall–Kier alpha value is -1.90. The quantitative estimate of drug-likeness (QED) is 0.747. The van der Waals surface area contributed by atoms with Crippen molar-refractivity contribution in [3.8, 4) is 0 Å². The van der Waals surface area contributed by atoms with Gasteiger partial charge in [0.25, 0.3) is 0 Å². The van der Waals surface area contributed by atoms with Gasteiger partial charge in [-0.1, -0.05) is 18.2 Å². The highest BCUT2D eigenvalue weighted by Gasteiger charge is 2.17. The van der Waals surface area contributed by atoms with Crippen LogP contribution in [-0.2, 0) is 22.6 Å². The van der Waals surface area contributed by atoms with Crippen LogP contribution in [0.2, 0.25) is 0 Å². The molecule has 18 heavy (non-hydrogen) atoms. The highest BCUT2D eigenvalue weighted by Crippen LogP contribution is 2.21. The predicted molar refractivity (Wildman–Crippen MR) is 71.0 cm³/mol. The zero-order valence-electron chi connectivity index (χ0n) is 10.8. The second kappa shape index (κ2) is 5.17. The first-order valence-corrected chi connectivity index (χ1v) is 6.12. The van der Waals surface area contributed by atoms with E-state index < -0.39 is 0 Å². The van der Waals surface area contributed by atoms with Crippen molar-refractivity contribution < 1.29 is 9.59 Å². The number of hydrogen-bond donors (Lipinski definition) is 0. The van der Waals surface area contributed by atoms with Gasteiger partial charge in [-0.25, -0.2) is 0 Å². The molecule has 0 atom stereocenters. The Morgan fingerprint density at radius 1 is 1.22 bits per heavy atom. The molecule has 0 aromatic heterocycles. The normalized spacial score (nSPS) is 14.7. The van der Waals surface area contributed by atoms with Crippen LogP contribution in [0, 0.1) is 0 Å². The topological polar surface area (TPSA) is 37.4 Å². The van der Waals surface area contributed by atoms with Gasteiger partial charge in [-0.15, -0.1) is 0 Å². The van der Waals surface area contributed by atoms with E-state index in [0.29, 0.717) is 6.54 Å². The van der Waals surface area contributed by atoms with E-state index >= 15 is 0 Å². The summed E-state index contributed by atoms with van der Waals surface area (Å²) in [6, 6.07) is 6.16. The van der Waals surface area contributed by atoms with Crippen LogP contribution in [0.3, 0.4) is 0 Å². The van der Waals surface area contributed by atoms with Gasteiger partial charge < -0.3 is 4.90 Å². The van der Waals surface area contributed by atoms with Crippen molar-refractivity contribution >= 4 is 17.8 Å². The van der Waals surface area contributed by atoms with Crippen molar-refractivity contribution in [2.24, 2.45) is 0 Å². The number of rotatable bonds is 2. The first-order valence-electron chi connectivity index (χ1n) is 6.12. The Balaban J connectivity index is 2.23. The van der Waals surface area contributed by atoms with Crippen LogP contribution in [-0.4, -0.2) is 23.1 Å². The van der Waals surface area contributed by atoms with E-state index in [1.807, 2.05) is 17.0 Å². The Morgan fingerprint density at radius 3 is 2.67 bits per heavy atom. The Morgan fingerprint density at radius 2 is 2.00 bits per heavy atom. The van der Waals surface area contributed by atoms with Crippen LogP contribution >= 0.6 is 0 Å². The number of ketones is 1. The molecule has 0 bridgehead atoms. The molecule has 1 aliphatic heterocycles. The summed E-state index contributed by atoms with van der Waals surface area (Å²) in [5.41, 5.74) is 3.49. The number of hydrogen-bond acceptors (Lipinski definition) is 2. The summed E-state index contributed by atoms with van der Waals surface area (Å²) in [7, 11) is 0. The number of fused-ring (bicyclic) bond motifs is 1. The summed E-state index contributed by atoms with van der Waals surface area (Å²) in [4.78, 5) is 24.1. The molecule has 0 fully saturated rings. The lowest BCUT2D eigenvalue weighted by atomic mass is 9.97. The third-order valence-electron chi connectivity index (χ3n) is 3.20. The van der Waals surface area contributed by atoms with E-state index in [9.17, 15) is 9.59 Å². The standard InChI is InChI=1S/C15H17NO2/c1-11(17)3-4-13-5-6-14-7-8-16(12(2)18)10-15(14)9-13/h3-6,9H,7-8,10H2,1-2H3/b4-3+. The maximum absolute atomic E-state index is 11.4. The van der Waals surface area contributed by atoms with Gasteiger partial charge in [-0.2, -0.15) is 0 Å². The van der Waals surface area contributed by atoms with Crippen LogP contribution in [0.25, 0.3) is 6.08 Å². The molecular formula is C15H17NO2. The SMILES string of the molecule is CC(=O)/C=C/c1ccc2c(c1)CN(C(C)=O)CC2. The molecule has 94 valence electrons. The minimum atomic E-state index is 0.0399. The average Bonchev–Trinajstić information content (AvgIpc) is 2.35. The van der Waals surface area contributed by atoms with Crippen molar-refractivity contribution in [3.05, 3.63) is 41.0 Å². The van der Waals surface area contributed by atoms with Gasteiger partial charge in [0.05, 0.1) is 0 Å². The van der Waals surface area contributed by atoms with Gasteiger partial charge in [0, 0.05) is 20.0 Å². The lowest BCUT2D eigenvalue weighted by Gasteiger charge is -2.28. The smallest absolute Gasteiger partial charge is 0.219 e. The van der Waals surface area contributed by atoms with E-state index in [1.165, 1.54) is 18.1 Å². The second-order valence-electron chi connectivity index (χ2n) is 4.66. The van der Waals surface area contributed by atoms with Crippen molar-refractivity contribution in [2.45, 2.75) is 26.8 Å². The Bertz CT molecular complexity index is 517. The molecule has 1 aliphatic rings. The van der Waals surface area contributed by atoms with Crippen LogP contribution in [0.1, 0.15) is 30.5 Å². The lowest BCUT2D eigenvalue weighted by molar-refractivity contribution is -0.129. The molecule has 2 rings (SSSR count). The van der Waals surface area contributed by atoms with Gasteiger partial charge in [0.1, 0.15) is 0 Å². The molecular weight excluding hydrogens is 226 g/mol. The molecule has 0 aliphatic carbocycles. The number of carbonyl (C=O) groups excluding carboxylic acids is 2. The fraction of sp³-hybridized carbons (Fsp3) is 0.333. The van der Waals surface area contributed by atoms with E-state index in [-0.39, 0.29) is 11.7 Å². The summed E-state index contributed by atoms with van der Waals surface area (Å²) in [6.45, 7) is 4.61. The molecule has 1 amide bonds. The fourth-order valence-corrected chi connectivity index (χ4v) is 2.16. The highest BCUT2D eigenvalue weighted by atomic mass is 16.2. The third-order valence-corrected chi connectivity index (χ3v) is 3.20. The summed E-state index contributed by atoms with van der Waals surface area (Å²) in [5, 5.41) is 0. The minimum Gasteiger partial charge on any atom is -0.338 e. The lowest BCUT2D eigenvalue weighted by Crippen LogP contribution is -2.34. The van der Waals surface area contributed by atoms with Gasteiger partial charge in [0.2, 0.25) is 5.91 Å². The summed E-state index contributed by atoms with van der Waals surface area (Å²) >= 11 is 0. The molecule has 0 spiro atoms. The molecule has 1 aromatic rings. The van der Waals surface area contributed by atoms with Crippen molar-refractivity contribution in [1.82, 2.24) is 4.90 Å². The van der Waals surface area contributed by atoms with Gasteiger partial charge in [-0.05, 0) is 42.2 Å². The molecule has 3 heteroatoms. The van der Waals surface area contributed by atoms with Crippen LogP contribution in [0.4, 0.5) is 0 Å². The molecule has 1 heterocycles. The Kier molecular flexibility index (Phi) is 3.60. The molecule has 0 radical (unpaired) electrons. The van der Waals surface area contributed by atoms with E-state index in [2.05, 4.69) is 12.1 Å². The predicted octanol–water partition coefficient (Wildman–Crippen LogP) is 2.19. The third kappa shape index (κ3) is 2.86. The molecule has 0 saturated heterocycles. The maximum Gasteiger partial charge on any atom is 0.219 e. The number of amides is 1. The van der Waals surface area contributed by atoms with Crippen LogP contribution in [0.15, 0.2) is 24.3 Å². The van der Waals surface area contributed by atoms with E-state index in [1.54, 1.807) is 13.0 Å². The van der Waals surface area contributed by atoms with Gasteiger partial charge >= 0.3 is 0 Å². The van der Waals surface area contributed by atoms with Crippen molar-refractivity contribution in [2.75, 3.05) is 6.54 Å². The zero-order chi connectivity index (χ0) is 13.1. The first-order chi connectivity index (χ1) is 8.56. The molecule has 3 nitrogen and oxygen atoms in total. The van der Waals surface area contributed by atoms with E-state index in [4.69, 9.17) is 0 Å². The van der Waals surface area contributed by atoms with Crippen molar-refractivity contribution in [3.63, 3.8) is 0 Å². The molecule has 1 aromatic carbocycles. The maximum atomic E-state index is 11.4. The second-order valence-corrected chi connectivity index (χ2v) is 4.66. The zero-order valence-corrected chi connectivity index (χ0v) is 10.8. The van der Waals surface area contributed by atoms with Crippen LogP contribution < -0.4 is 0 Å². The number of nitrogens with zero attached hydrogens (tertiary/aromatic N) is 1. The first kappa shape index (κ1) is 12.6. The van der Waals surface area contributed by atoms with Crippen LogP contribution in [0.5, 0.6) is 0 Å². The fourth-order valence-electron chi connectivity index (χ4n) is 2.16. The van der Waals surface area contributed by atoms with Crippen molar-refractivity contribution in [1.29, 1.82) is 0 Å². The average molecular weight is 243 g/mol. The summed E-state index contributed by atoms with van der Waals surface area (Å²) in [6.07, 6.45) is 4.29. The summed E-state index contributed by atoms with van der Waals surface area (Å²) < 4.78 is 0. The molecule has 0 unspecified atom stereocenters. The Labute approximate surface area is 107 Å². The van der Waals surface area contributed by atoms with Gasteiger partial charge in [-0.3, -0.25) is 9.59 Å². The highest BCUT2D eigenvalue weighted by molar-refractivity contribution is 5.91. The molecule has 0 saturated carbocycles. The largest absolute Gasteiger partial charge is 0.338 e. The number of allylic oxidation sites excluding steroid dienone is 1.